The van der Waals surface area contributed by atoms with Crippen molar-refractivity contribution in [2.45, 2.75) is 30.7 Å². The molecule has 1 saturated heterocycles. The van der Waals surface area contributed by atoms with E-state index < -0.39 is 55.2 Å². The minimum Gasteiger partial charge on any atom is -0.497 e. The van der Waals surface area contributed by atoms with Crippen molar-refractivity contribution in [1.29, 1.82) is 0 Å². The van der Waals surface area contributed by atoms with E-state index in [0.717, 1.165) is 0 Å². The van der Waals surface area contributed by atoms with E-state index >= 15 is 0 Å². The minimum absolute atomic E-state index is 0.0952. The van der Waals surface area contributed by atoms with Crippen LogP contribution < -0.4 is 14.2 Å². The molecule has 0 aromatic heterocycles. The van der Waals surface area contributed by atoms with Gasteiger partial charge in [0, 0.05) is 0 Å². The molecule has 0 bridgehead atoms. The summed E-state index contributed by atoms with van der Waals surface area (Å²) in [6, 6.07) is 17.9. The van der Waals surface area contributed by atoms with Gasteiger partial charge in [0.2, 0.25) is 0 Å². The molecule has 12 nitrogen and oxygen atoms in total. The van der Waals surface area contributed by atoms with Crippen LogP contribution in [0.3, 0.4) is 0 Å². The van der Waals surface area contributed by atoms with Gasteiger partial charge in [-0.05, 0) is 72.8 Å². The average Bonchev–Trinajstić information content (AvgIpc) is 3.03. The van der Waals surface area contributed by atoms with Crippen LogP contribution in [0.15, 0.2) is 72.8 Å². The molecule has 3 aromatic carbocycles. The molecule has 0 saturated carbocycles. The molecule has 42 heavy (non-hydrogen) atoms. The maximum absolute atomic E-state index is 13.2. The molecule has 0 unspecified atom stereocenters. The molecule has 3 aromatic rings. The summed E-state index contributed by atoms with van der Waals surface area (Å²) in [7, 11) is 4.41. The van der Waals surface area contributed by atoms with Crippen molar-refractivity contribution >= 4 is 17.9 Å². The Kier molecular flexibility index (Phi) is 9.97. The first-order valence-corrected chi connectivity index (χ1v) is 12.8. The smallest absolute Gasteiger partial charge is 0.338 e. The third-order valence-corrected chi connectivity index (χ3v) is 6.50. The summed E-state index contributed by atoms with van der Waals surface area (Å²) in [5, 5.41) is 20.8. The van der Waals surface area contributed by atoms with Gasteiger partial charge in [-0.25, -0.2) is 14.4 Å². The number of hydrogen-bond donors (Lipinski definition) is 2. The van der Waals surface area contributed by atoms with E-state index in [9.17, 15) is 24.6 Å². The molecule has 1 aliphatic rings. The highest BCUT2D eigenvalue weighted by molar-refractivity contribution is 5.91. The number of carbonyl (C=O) groups excluding carboxylic acids is 3. The van der Waals surface area contributed by atoms with Crippen molar-refractivity contribution in [3.8, 4) is 17.2 Å². The third kappa shape index (κ3) is 6.97. The molecule has 0 spiro atoms. The second kappa shape index (κ2) is 13.8. The van der Waals surface area contributed by atoms with Gasteiger partial charge in [-0.1, -0.05) is 0 Å². The topological polar surface area (TPSA) is 156 Å². The Morgan fingerprint density at radius 2 is 0.929 bits per heavy atom. The fraction of sp³-hybridized carbons (Fsp3) is 0.300. The molecular weight excluding hydrogens is 552 g/mol. The van der Waals surface area contributed by atoms with E-state index in [1.807, 2.05) is 0 Å². The van der Waals surface area contributed by atoms with Gasteiger partial charge < -0.3 is 43.4 Å². The summed E-state index contributed by atoms with van der Waals surface area (Å²) < 4.78 is 37.7. The van der Waals surface area contributed by atoms with E-state index in [4.69, 9.17) is 33.2 Å². The summed E-state index contributed by atoms with van der Waals surface area (Å²) in [5.41, 5.74) is 0.308. The van der Waals surface area contributed by atoms with Crippen molar-refractivity contribution < 1.29 is 57.8 Å². The second-order valence-electron chi connectivity index (χ2n) is 9.04. The summed E-state index contributed by atoms with van der Waals surface area (Å²) >= 11 is 0. The van der Waals surface area contributed by atoms with Crippen LogP contribution in [0.25, 0.3) is 0 Å². The van der Waals surface area contributed by atoms with Gasteiger partial charge in [0.25, 0.3) is 0 Å². The number of ether oxygens (including phenoxy) is 7. The van der Waals surface area contributed by atoms with Gasteiger partial charge >= 0.3 is 17.9 Å². The number of aliphatic hydroxyl groups is 2. The fourth-order valence-electron chi connectivity index (χ4n) is 4.20. The summed E-state index contributed by atoms with van der Waals surface area (Å²) in [6.07, 6.45) is -7.94. The Bertz CT molecular complexity index is 1350. The minimum atomic E-state index is -1.85. The molecule has 222 valence electrons. The number of rotatable bonds is 10. The first-order chi connectivity index (χ1) is 20.3. The van der Waals surface area contributed by atoms with Crippen molar-refractivity contribution in [1.82, 2.24) is 0 Å². The molecule has 0 aliphatic carbocycles. The lowest BCUT2D eigenvalue weighted by atomic mass is 9.98. The molecule has 5 atom stereocenters. The van der Waals surface area contributed by atoms with Crippen LogP contribution in [0, 0.1) is 0 Å². The Hall–Kier alpha value is -4.65. The molecule has 0 amide bonds. The average molecular weight is 583 g/mol. The number of carbonyl (C=O) groups is 3. The zero-order chi connectivity index (χ0) is 30.2. The Labute approximate surface area is 241 Å². The van der Waals surface area contributed by atoms with Crippen LogP contribution in [0.2, 0.25) is 0 Å². The van der Waals surface area contributed by atoms with Gasteiger partial charge in [0.05, 0.1) is 44.6 Å². The first-order valence-electron chi connectivity index (χ1n) is 12.8. The zero-order valence-corrected chi connectivity index (χ0v) is 23.0. The highest BCUT2D eigenvalue weighted by Gasteiger charge is 2.52. The lowest BCUT2D eigenvalue weighted by molar-refractivity contribution is -0.284. The standard InChI is InChI=1S/C30H30O12/c1-36-20-10-4-17(5-11-20)27(32)40-24-23(16-31)39-30(35)26(42-29(34)19-8-14-22(38-3)15-9-19)25(24)41-28(33)18-6-12-21(37-2)13-7-18/h4-15,23-26,30-31,35H,16H2,1-3H3/t23-,24+,25+,26-,30-/m1/s1. The monoisotopic (exact) mass is 582 g/mol. The van der Waals surface area contributed by atoms with E-state index in [2.05, 4.69) is 0 Å². The van der Waals surface area contributed by atoms with Crippen LogP contribution in [-0.4, -0.2) is 86.8 Å². The van der Waals surface area contributed by atoms with Crippen molar-refractivity contribution in [2.75, 3.05) is 27.9 Å². The predicted molar refractivity (Wildman–Crippen MR) is 145 cm³/mol. The number of benzene rings is 3. The van der Waals surface area contributed by atoms with E-state index in [-0.39, 0.29) is 16.7 Å². The van der Waals surface area contributed by atoms with Crippen LogP contribution >= 0.6 is 0 Å². The number of methoxy groups -OCH3 is 3. The SMILES string of the molecule is COc1ccc(C(=O)O[C@@H]2[C@@H](OC(=O)c3ccc(OC)cc3)[C@H](O)O[C@H](CO)[C@@H]2OC(=O)c2ccc(OC)cc2)cc1. The summed E-state index contributed by atoms with van der Waals surface area (Å²) in [5.74, 6) is -1.14. The van der Waals surface area contributed by atoms with Gasteiger partial charge in [-0.15, -0.1) is 0 Å². The van der Waals surface area contributed by atoms with Gasteiger partial charge in [0.1, 0.15) is 23.4 Å². The van der Waals surface area contributed by atoms with Crippen LogP contribution in [0.4, 0.5) is 0 Å². The molecule has 1 aliphatic heterocycles. The lowest BCUT2D eigenvalue weighted by Gasteiger charge is -2.42. The number of aliphatic hydroxyl groups excluding tert-OH is 2. The Morgan fingerprint density at radius 1 is 0.595 bits per heavy atom. The van der Waals surface area contributed by atoms with E-state index in [1.165, 1.54) is 82.0 Å². The largest absolute Gasteiger partial charge is 0.497 e. The van der Waals surface area contributed by atoms with Crippen molar-refractivity contribution in [2.24, 2.45) is 0 Å². The highest BCUT2D eigenvalue weighted by Crippen LogP contribution is 2.30. The zero-order valence-electron chi connectivity index (χ0n) is 23.0. The molecule has 4 rings (SSSR count). The van der Waals surface area contributed by atoms with Gasteiger partial charge in [0.15, 0.2) is 24.6 Å². The fourth-order valence-corrected chi connectivity index (χ4v) is 4.20. The van der Waals surface area contributed by atoms with E-state index in [0.29, 0.717) is 17.2 Å². The van der Waals surface area contributed by atoms with Crippen LogP contribution in [-0.2, 0) is 18.9 Å². The Balaban J connectivity index is 1.65. The molecule has 12 heteroatoms. The second-order valence-corrected chi connectivity index (χ2v) is 9.04. The number of esters is 3. The molecule has 1 fully saturated rings. The van der Waals surface area contributed by atoms with Crippen molar-refractivity contribution in [3.63, 3.8) is 0 Å². The quantitative estimate of drug-likeness (QED) is 0.266. The molecule has 0 radical (unpaired) electrons. The maximum Gasteiger partial charge on any atom is 0.338 e. The summed E-state index contributed by atoms with van der Waals surface area (Å²) in [4.78, 5) is 39.3. The van der Waals surface area contributed by atoms with Crippen LogP contribution in [0.1, 0.15) is 31.1 Å². The molecular formula is C30H30O12. The third-order valence-electron chi connectivity index (χ3n) is 6.50. The predicted octanol–water partition coefficient (Wildman–Crippen LogP) is 2.40. The van der Waals surface area contributed by atoms with Crippen molar-refractivity contribution in [3.05, 3.63) is 89.5 Å². The normalized spacial score (nSPS) is 21.5. The van der Waals surface area contributed by atoms with E-state index in [1.54, 1.807) is 12.1 Å². The van der Waals surface area contributed by atoms with Gasteiger partial charge in [-0.2, -0.15) is 0 Å². The van der Waals surface area contributed by atoms with Gasteiger partial charge in [-0.3, -0.25) is 0 Å². The maximum atomic E-state index is 13.2. The highest BCUT2D eigenvalue weighted by atomic mass is 16.7. The summed E-state index contributed by atoms with van der Waals surface area (Å²) in [6.45, 7) is -0.729. The van der Waals surface area contributed by atoms with Crippen LogP contribution in [0.5, 0.6) is 17.2 Å². The lowest BCUT2D eigenvalue weighted by Crippen LogP contribution is -2.62. The first kappa shape index (κ1) is 30.3. The molecule has 1 heterocycles. The molecule has 2 N–H and O–H groups in total. The number of hydrogen-bond acceptors (Lipinski definition) is 12. The Morgan fingerprint density at radius 3 is 1.26 bits per heavy atom.